The van der Waals surface area contributed by atoms with Crippen molar-refractivity contribution < 1.29 is 19.1 Å². The van der Waals surface area contributed by atoms with Crippen LogP contribution in [0.3, 0.4) is 0 Å². The fourth-order valence-electron chi connectivity index (χ4n) is 4.95. The van der Waals surface area contributed by atoms with Crippen LogP contribution in [0.1, 0.15) is 55.1 Å². The van der Waals surface area contributed by atoms with Crippen LogP contribution in [0, 0.1) is 0 Å². The molecule has 5 rings (SSSR count). The van der Waals surface area contributed by atoms with E-state index < -0.39 is 0 Å². The number of carbonyl (C=O) groups is 2. The van der Waals surface area contributed by atoms with Crippen LogP contribution in [0.5, 0.6) is 11.5 Å². The van der Waals surface area contributed by atoms with Crippen molar-refractivity contribution in [1.82, 2.24) is 5.32 Å². The van der Waals surface area contributed by atoms with Gasteiger partial charge in [0.15, 0.2) is 0 Å². The Hall–Kier alpha value is -3.54. The Bertz CT molecular complexity index is 1240. The summed E-state index contributed by atoms with van der Waals surface area (Å²) in [6, 6.07) is 17.3. The summed E-state index contributed by atoms with van der Waals surface area (Å²) in [5, 5.41) is 5.25. The predicted octanol–water partition coefficient (Wildman–Crippen LogP) is 5.01. The zero-order valence-electron chi connectivity index (χ0n) is 19.2. The topological polar surface area (TPSA) is 67.9 Å². The Labute approximate surface area is 193 Å². The molecular formula is C27H28N2O4. The first kappa shape index (κ1) is 21.3. The summed E-state index contributed by atoms with van der Waals surface area (Å²) in [6.45, 7) is 4.55. The third-order valence-electron chi connectivity index (χ3n) is 6.44. The minimum Gasteiger partial charge on any atom is -0.497 e. The second-order valence-electron chi connectivity index (χ2n) is 9.33. The summed E-state index contributed by atoms with van der Waals surface area (Å²) in [6.07, 6.45) is 1.59. The van der Waals surface area contributed by atoms with Crippen molar-refractivity contribution in [3.8, 4) is 11.5 Å². The van der Waals surface area contributed by atoms with Gasteiger partial charge in [-0.1, -0.05) is 24.3 Å². The third kappa shape index (κ3) is 3.90. The molecule has 1 unspecified atom stereocenters. The minimum atomic E-state index is -0.383. The molecule has 0 bridgehead atoms. The highest BCUT2D eigenvalue weighted by atomic mass is 16.5. The molecule has 2 amide bonds. The summed E-state index contributed by atoms with van der Waals surface area (Å²) in [7, 11) is 1.63. The molecule has 6 heteroatoms. The maximum Gasteiger partial charge on any atom is 0.258 e. The maximum absolute atomic E-state index is 12.9. The fraction of sp³-hybridized carbons (Fsp3) is 0.333. The van der Waals surface area contributed by atoms with Gasteiger partial charge in [-0.3, -0.25) is 9.59 Å². The zero-order valence-corrected chi connectivity index (χ0v) is 19.2. The minimum absolute atomic E-state index is 0.00871. The van der Waals surface area contributed by atoms with Gasteiger partial charge in [-0.2, -0.15) is 0 Å². The number of benzene rings is 3. The summed E-state index contributed by atoms with van der Waals surface area (Å²) >= 11 is 0. The van der Waals surface area contributed by atoms with Crippen LogP contribution in [0.2, 0.25) is 0 Å². The van der Waals surface area contributed by atoms with E-state index in [0.717, 1.165) is 39.1 Å². The van der Waals surface area contributed by atoms with E-state index >= 15 is 0 Å². The van der Waals surface area contributed by atoms with Crippen LogP contribution >= 0.6 is 0 Å². The molecule has 3 aromatic carbocycles. The average molecular weight is 445 g/mol. The number of methoxy groups -OCH3 is 1. The number of anilines is 1. The smallest absolute Gasteiger partial charge is 0.258 e. The molecule has 33 heavy (non-hydrogen) atoms. The lowest BCUT2D eigenvalue weighted by Crippen LogP contribution is -2.41. The molecule has 170 valence electrons. The van der Waals surface area contributed by atoms with Crippen LogP contribution < -0.4 is 19.7 Å². The lowest BCUT2D eigenvalue weighted by atomic mass is 9.89. The first-order valence-corrected chi connectivity index (χ1v) is 11.4. The number of carbonyl (C=O) groups excluding carboxylic acids is 2. The van der Waals surface area contributed by atoms with Crippen LogP contribution in [0.4, 0.5) is 5.69 Å². The van der Waals surface area contributed by atoms with E-state index in [9.17, 15) is 9.59 Å². The molecular weight excluding hydrogens is 416 g/mol. The highest BCUT2D eigenvalue weighted by Crippen LogP contribution is 2.41. The van der Waals surface area contributed by atoms with E-state index in [4.69, 9.17) is 9.47 Å². The number of nitrogens with zero attached hydrogens (tertiary/aromatic N) is 1. The first-order valence-electron chi connectivity index (χ1n) is 11.4. The number of fused-ring (bicyclic) bond motifs is 1. The van der Waals surface area contributed by atoms with E-state index in [1.165, 1.54) is 0 Å². The second-order valence-corrected chi connectivity index (χ2v) is 9.33. The quantitative estimate of drug-likeness (QED) is 0.581. The lowest BCUT2D eigenvalue weighted by molar-refractivity contribution is -0.122. The van der Waals surface area contributed by atoms with Crippen LogP contribution in [-0.4, -0.2) is 31.1 Å². The van der Waals surface area contributed by atoms with Crippen molar-refractivity contribution in [3.05, 3.63) is 65.7 Å². The van der Waals surface area contributed by atoms with Gasteiger partial charge < -0.3 is 19.7 Å². The predicted molar refractivity (Wildman–Crippen MR) is 128 cm³/mol. The van der Waals surface area contributed by atoms with E-state index in [1.807, 2.05) is 68.4 Å². The van der Waals surface area contributed by atoms with Crippen molar-refractivity contribution in [2.45, 2.75) is 44.8 Å². The normalized spacial score (nSPS) is 18.1. The molecule has 2 aliphatic rings. The number of rotatable bonds is 6. The highest BCUT2D eigenvalue weighted by Gasteiger charge is 2.35. The second kappa shape index (κ2) is 8.10. The zero-order chi connectivity index (χ0) is 23.2. The molecule has 0 spiro atoms. The summed E-state index contributed by atoms with van der Waals surface area (Å²) in [5.74, 6) is 1.48. The SMILES string of the molecule is COc1ccc2c(c1)C(NC(=O)CCCN1C(=O)c3cccc4cccc1c34)CC(C)(C)O2. The summed E-state index contributed by atoms with van der Waals surface area (Å²) in [5.41, 5.74) is 2.22. The van der Waals surface area contributed by atoms with Crippen molar-refractivity contribution in [1.29, 1.82) is 0 Å². The maximum atomic E-state index is 12.9. The van der Waals surface area contributed by atoms with Gasteiger partial charge >= 0.3 is 0 Å². The van der Waals surface area contributed by atoms with Crippen LogP contribution in [0.25, 0.3) is 10.8 Å². The summed E-state index contributed by atoms with van der Waals surface area (Å²) in [4.78, 5) is 27.6. The van der Waals surface area contributed by atoms with E-state index in [1.54, 1.807) is 12.0 Å². The van der Waals surface area contributed by atoms with Gasteiger partial charge in [0.25, 0.3) is 5.91 Å². The van der Waals surface area contributed by atoms with E-state index in [0.29, 0.717) is 25.8 Å². The molecule has 2 aliphatic heterocycles. The molecule has 0 fully saturated rings. The third-order valence-corrected chi connectivity index (χ3v) is 6.44. The molecule has 0 saturated heterocycles. The van der Waals surface area contributed by atoms with Gasteiger partial charge in [-0.25, -0.2) is 0 Å². The van der Waals surface area contributed by atoms with E-state index in [2.05, 4.69) is 5.32 Å². The van der Waals surface area contributed by atoms with E-state index in [-0.39, 0.29) is 23.5 Å². The molecule has 1 N–H and O–H groups in total. The van der Waals surface area contributed by atoms with Gasteiger partial charge in [0.05, 0.1) is 18.8 Å². The number of hydrogen-bond acceptors (Lipinski definition) is 4. The molecule has 2 heterocycles. The number of nitrogens with one attached hydrogen (secondary N) is 1. The van der Waals surface area contributed by atoms with Crippen molar-refractivity contribution in [2.75, 3.05) is 18.6 Å². The molecule has 0 aromatic heterocycles. The lowest BCUT2D eigenvalue weighted by Gasteiger charge is -2.38. The Balaban J connectivity index is 1.25. The molecule has 1 atom stereocenters. The molecule has 0 radical (unpaired) electrons. The Kier molecular flexibility index (Phi) is 5.23. The molecule has 3 aromatic rings. The Morgan fingerprint density at radius 2 is 1.97 bits per heavy atom. The van der Waals surface area contributed by atoms with Crippen LogP contribution in [0.15, 0.2) is 54.6 Å². The highest BCUT2D eigenvalue weighted by molar-refractivity contribution is 6.25. The van der Waals surface area contributed by atoms with Gasteiger partial charge in [0.1, 0.15) is 17.1 Å². The largest absolute Gasteiger partial charge is 0.497 e. The monoisotopic (exact) mass is 444 g/mol. The number of hydrogen-bond donors (Lipinski definition) is 1. The Morgan fingerprint density at radius 3 is 2.76 bits per heavy atom. The standard InChI is InChI=1S/C27H28N2O4/c1-27(2)16-21(20-15-18(32-3)12-13-23(20)33-27)28-24(30)11-6-14-29-22-10-5-8-17-7-4-9-19(25(17)22)26(29)31/h4-5,7-10,12-13,15,21H,6,11,14,16H2,1-3H3,(H,28,30). The average Bonchev–Trinajstić information content (AvgIpc) is 3.06. The van der Waals surface area contributed by atoms with Gasteiger partial charge in [-0.15, -0.1) is 0 Å². The van der Waals surface area contributed by atoms with Crippen molar-refractivity contribution in [2.24, 2.45) is 0 Å². The number of amides is 2. The van der Waals surface area contributed by atoms with Gasteiger partial charge in [0.2, 0.25) is 5.91 Å². The van der Waals surface area contributed by atoms with Crippen molar-refractivity contribution in [3.63, 3.8) is 0 Å². The first-order chi connectivity index (χ1) is 15.9. The van der Waals surface area contributed by atoms with Crippen LogP contribution in [-0.2, 0) is 4.79 Å². The van der Waals surface area contributed by atoms with Crippen molar-refractivity contribution >= 4 is 28.3 Å². The molecule has 0 saturated carbocycles. The molecule has 0 aliphatic carbocycles. The summed E-state index contributed by atoms with van der Waals surface area (Å²) < 4.78 is 11.5. The molecule has 6 nitrogen and oxygen atoms in total. The van der Waals surface area contributed by atoms with Gasteiger partial charge in [0, 0.05) is 35.9 Å². The van der Waals surface area contributed by atoms with Gasteiger partial charge in [-0.05, 0) is 56.0 Å². The Morgan fingerprint density at radius 1 is 1.18 bits per heavy atom. The number of ether oxygens (including phenoxy) is 2. The fourth-order valence-corrected chi connectivity index (χ4v) is 4.95.